The summed E-state index contributed by atoms with van der Waals surface area (Å²) in [5, 5.41) is 12.3. The molecule has 0 aliphatic rings. The van der Waals surface area contributed by atoms with E-state index < -0.39 is 0 Å². The van der Waals surface area contributed by atoms with Crippen LogP contribution in [-0.4, -0.2) is 6.54 Å². The summed E-state index contributed by atoms with van der Waals surface area (Å²) < 4.78 is 0. The number of nitriles is 1. The Morgan fingerprint density at radius 3 is 2.59 bits per heavy atom. The van der Waals surface area contributed by atoms with E-state index >= 15 is 0 Å². The molecule has 0 radical (unpaired) electrons. The number of hydrogen-bond donors (Lipinski definition) is 0. The Morgan fingerprint density at radius 2 is 2.06 bits per heavy atom. The molecule has 0 fully saturated rings. The molecule has 0 saturated carbocycles. The van der Waals surface area contributed by atoms with Gasteiger partial charge in [-0.2, -0.15) is 5.26 Å². The van der Waals surface area contributed by atoms with Crippen molar-refractivity contribution in [2.24, 2.45) is 5.11 Å². The van der Waals surface area contributed by atoms with Crippen LogP contribution in [0.3, 0.4) is 0 Å². The second kappa shape index (κ2) is 6.37. The van der Waals surface area contributed by atoms with E-state index in [2.05, 4.69) is 16.1 Å². The molecule has 17 heavy (non-hydrogen) atoms. The maximum absolute atomic E-state index is 8.84. The van der Waals surface area contributed by atoms with Gasteiger partial charge in [0.1, 0.15) is 0 Å². The van der Waals surface area contributed by atoms with E-state index in [9.17, 15) is 0 Å². The smallest absolute Gasteiger partial charge is 0.0991 e. The molecule has 1 aromatic rings. The van der Waals surface area contributed by atoms with Crippen LogP contribution < -0.4 is 0 Å². The maximum atomic E-state index is 8.84. The molecule has 0 unspecified atom stereocenters. The lowest BCUT2D eigenvalue weighted by Gasteiger charge is -2.05. The third-order valence-corrected chi connectivity index (χ3v) is 2.47. The van der Waals surface area contributed by atoms with Crippen LogP contribution >= 0.6 is 0 Å². The zero-order valence-electron chi connectivity index (χ0n) is 10.0. The summed E-state index contributed by atoms with van der Waals surface area (Å²) in [6, 6.07) is 5.89. The summed E-state index contributed by atoms with van der Waals surface area (Å²) in [6.07, 6.45) is 4.72. The van der Waals surface area contributed by atoms with Gasteiger partial charge in [-0.25, -0.2) is 0 Å². The Labute approximate surface area is 101 Å². The number of rotatable bonds is 4. The van der Waals surface area contributed by atoms with Crippen molar-refractivity contribution < 1.29 is 0 Å². The zero-order chi connectivity index (χ0) is 12.7. The average Bonchev–Trinajstić information content (AvgIpc) is 2.31. The second-order valence-electron chi connectivity index (χ2n) is 3.78. The molecule has 0 amide bonds. The Bertz CT molecular complexity index is 494. The van der Waals surface area contributed by atoms with Crippen LogP contribution in [-0.2, 0) is 0 Å². The lowest BCUT2D eigenvalue weighted by atomic mass is 9.99. The lowest BCUT2D eigenvalue weighted by molar-refractivity contribution is 0.995. The van der Waals surface area contributed by atoms with Crippen molar-refractivity contribution in [2.45, 2.75) is 20.3 Å². The molecule has 1 rings (SSSR count). The third-order valence-electron chi connectivity index (χ3n) is 2.47. The summed E-state index contributed by atoms with van der Waals surface area (Å²) in [5.41, 5.74) is 12.1. The summed E-state index contributed by atoms with van der Waals surface area (Å²) >= 11 is 0. The average molecular weight is 226 g/mol. The summed E-state index contributed by atoms with van der Waals surface area (Å²) in [7, 11) is 0. The van der Waals surface area contributed by atoms with Crippen LogP contribution in [0, 0.1) is 25.2 Å². The maximum Gasteiger partial charge on any atom is 0.0991 e. The molecule has 0 spiro atoms. The Balaban J connectivity index is 2.85. The fourth-order valence-electron chi connectivity index (χ4n) is 1.68. The summed E-state index contributed by atoms with van der Waals surface area (Å²) in [6.45, 7) is 4.45. The van der Waals surface area contributed by atoms with E-state index in [-0.39, 0.29) is 0 Å². The van der Waals surface area contributed by atoms with Crippen molar-refractivity contribution in [3.05, 3.63) is 50.9 Å². The normalized spacial score (nSPS) is 9.94. The monoisotopic (exact) mass is 226 g/mol. The number of nitrogens with zero attached hydrogens (tertiary/aromatic N) is 4. The first kappa shape index (κ1) is 12.8. The van der Waals surface area contributed by atoms with Gasteiger partial charge in [-0.15, -0.1) is 0 Å². The van der Waals surface area contributed by atoms with Crippen molar-refractivity contribution in [3.63, 3.8) is 0 Å². The molecule has 0 aromatic heterocycles. The fourth-order valence-corrected chi connectivity index (χ4v) is 1.68. The molecule has 0 saturated heterocycles. The highest BCUT2D eigenvalue weighted by Crippen LogP contribution is 2.18. The number of benzene rings is 1. The quantitative estimate of drug-likeness (QED) is 0.332. The predicted molar refractivity (Wildman–Crippen MR) is 68.3 cm³/mol. The fraction of sp³-hybridized carbons (Fsp3) is 0.308. The van der Waals surface area contributed by atoms with Crippen LogP contribution in [0.4, 0.5) is 0 Å². The Kier molecular flexibility index (Phi) is 4.80. The first-order valence-corrected chi connectivity index (χ1v) is 5.37. The van der Waals surface area contributed by atoms with Gasteiger partial charge in [0.05, 0.1) is 11.6 Å². The van der Waals surface area contributed by atoms with E-state index in [1.807, 2.05) is 38.1 Å². The van der Waals surface area contributed by atoms with Crippen molar-refractivity contribution in [2.75, 3.05) is 6.54 Å². The molecular weight excluding hydrogens is 212 g/mol. The highest BCUT2D eigenvalue weighted by molar-refractivity contribution is 5.59. The van der Waals surface area contributed by atoms with E-state index in [1.165, 1.54) is 0 Å². The van der Waals surface area contributed by atoms with Crippen LogP contribution in [0.2, 0.25) is 0 Å². The Hall–Kier alpha value is -2.24. The second-order valence-corrected chi connectivity index (χ2v) is 3.78. The first-order valence-electron chi connectivity index (χ1n) is 5.37. The van der Waals surface area contributed by atoms with Crippen LogP contribution in [0.1, 0.15) is 28.7 Å². The van der Waals surface area contributed by atoms with E-state index in [0.717, 1.165) is 23.1 Å². The molecule has 4 nitrogen and oxygen atoms in total. The van der Waals surface area contributed by atoms with Gasteiger partial charge < -0.3 is 0 Å². The van der Waals surface area contributed by atoms with E-state index in [4.69, 9.17) is 10.8 Å². The minimum absolute atomic E-state index is 0.474. The minimum atomic E-state index is 0.474. The number of azide groups is 1. The highest BCUT2D eigenvalue weighted by atomic mass is 15.1. The molecule has 0 aliphatic heterocycles. The number of hydrogen-bond acceptors (Lipinski definition) is 2. The number of aryl methyl sites for hydroxylation is 2. The molecule has 4 heteroatoms. The summed E-state index contributed by atoms with van der Waals surface area (Å²) in [4.78, 5) is 2.69. The van der Waals surface area contributed by atoms with Gasteiger partial charge in [0, 0.05) is 11.5 Å². The zero-order valence-corrected chi connectivity index (χ0v) is 10.0. The van der Waals surface area contributed by atoms with Crippen LogP contribution in [0.25, 0.3) is 16.5 Å². The first-order chi connectivity index (χ1) is 8.19. The van der Waals surface area contributed by atoms with Gasteiger partial charge >= 0.3 is 0 Å². The van der Waals surface area contributed by atoms with Crippen LogP contribution in [0.5, 0.6) is 0 Å². The van der Waals surface area contributed by atoms with Crippen molar-refractivity contribution in [3.8, 4) is 6.07 Å². The molecular formula is C13H14N4. The Morgan fingerprint density at radius 1 is 1.41 bits per heavy atom. The molecule has 0 N–H and O–H groups in total. The molecule has 0 aliphatic carbocycles. The van der Waals surface area contributed by atoms with Crippen molar-refractivity contribution in [1.82, 2.24) is 0 Å². The van der Waals surface area contributed by atoms with Gasteiger partial charge in [0.2, 0.25) is 0 Å². The van der Waals surface area contributed by atoms with Gasteiger partial charge in [0.25, 0.3) is 0 Å². The summed E-state index contributed by atoms with van der Waals surface area (Å²) in [5.74, 6) is 0. The molecule has 0 heterocycles. The molecule has 0 bridgehead atoms. The van der Waals surface area contributed by atoms with Gasteiger partial charge in [-0.3, -0.25) is 0 Å². The van der Waals surface area contributed by atoms with Crippen LogP contribution in [0.15, 0.2) is 23.3 Å². The van der Waals surface area contributed by atoms with E-state index in [0.29, 0.717) is 12.1 Å². The van der Waals surface area contributed by atoms with Gasteiger partial charge in [-0.05, 0) is 54.6 Å². The minimum Gasteiger partial charge on any atom is -0.192 e. The van der Waals surface area contributed by atoms with Crippen molar-refractivity contribution in [1.29, 1.82) is 5.26 Å². The highest BCUT2D eigenvalue weighted by Gasteiger charge is 2.01. The van der Waals surface area contributed by atoms with Gasteiger partial charge in [-0.1, -0.05) is 17.3 Å². The van der Waals surface area contributed by atoms with Crippen molar-refractivity contribution >= 4 is 6.08 Å². The lowest BCUT2D eigenvalue weighted by Crippen LogP contribution is -1.89. The largest absolute Gasteiger partial charge is 0.192 e. The molecule has 0 atom stereocenters. The molecule has 1 aromatic carbocycles. The molecule has 86 valence electrons. The SMILES string of the molecule is Cc1cc(C#N)cc(C)c1C=CCCN=[N+]=[N-]. The standard InChI is InChI=1S/C13H14N4/c1-10-7-12(9-14)8-11(2)13(10)5-3-4-6-16-17-15/h3,5,7-8H,4,6H2,1-2H3. The predicted octanol–water partition coefficient (Wildman–Crippen LogP) is 3.89. The third kappa shape index (κ3) is 3.67. The van der Waals surface area contributed by atoms with E-state index in [1.54, 1.807) is 0 Å². The van der Waals surface area contributed by atoms with Gasteiger partial charge in [0.15, 0.2) is 0 Å². The topological polar surface area (TPSA) is 72.5 Å².